The van der Waals surface area contributed by atoms with Crippen molar-refractivity contribution in [3.8, 4) is 5.75 Å². The average molecular weight is 312 g/mol. The number of hydrogen-bond donors (Lipinski definition) is 0. The second-order valence-corrected chi connectivity index (χ2v) is 6.00. The van der Waals surface area contributed by atoms with Crippen molar-refractivity contribution in [1.82, 2.24) is 9.80 Å². The molecule has 4 nitrogen and oxygen atoms in total. The molecule has 0 N–H and O–H groups in total. The quantitative estimate of drug-likeness (QED) is 0.870. The molecule has 1 atom stereocenters. The Morgan fingerprint density at radius 1 is 1.09 bits per heavy atom. The van der Waals surface area contributed by atoms with Gasteiger partial charge in [-0.05, 0) is 24.9 Å². The molecule has 0 unspecified atom stereocenters. The van der Waals surface area contributed by atoms with Crippen LogP contribution in [0.5, 0.6) is 5.75 Å². The Kier molecular flexibility index (Phi) is 4.82. The zero-order valence-electron chi connectivity index (χ0n) is 13.9. The number of carbonyl (C=O) groups excluding carboxylic acids is 1. The summed E-state index contributed by atoms with van der Waals surface area (Å²) in [6.45, 7) is 8.52. The van der Waals surface area contributed by atoms with Gasteiger partial charge in [-0.1, -0.05) is 43.3 Å². The first-order valence-corrected chi connectivity index (χ1v) is 8.34. The van der Waals surface area contributed by atoms with Gasteiger partial charge in [0, 0.05) is 31.6 Å². The number of piperazine rings is 1. The minimum atomic E-state index is -0.464. The normalized spacial score (nSPS) is 17.2. The lowest BCUT2D eigenvalue weighted by molar-refractivity contribution is -0.139. The Bertz CT molecular complexity index is 673. The Hall–Kier alpha value is -2.07. The predicted molar refractivity (Wildman–Crippen MR) is 92.7 cm³/mol. The van der Waals surface area contributed by atoms with Gasteiger partial charge >= 0.3 is 0 Å². The SMILES string of the molecule is CCN1CCN(C(=O)[C@@H](C)Oc2cccc3ccccc23)CC1. The Morgan fingerprint density at radius 2 is 1.78 bits per heavy atom. The summed E-state index contributed by atoms with van der Waals surface area (Å²) in [5.41, 5.74) is 0. The predicted octanol–water partition coefficient (Wildman–Crippen LogP) is 2.77. The van der Waals surface area contributed by atoms with Crippen LogP contribution >= 0.6 is 0 Å². The molecule has 0 radical (unpaired) electrons. The summed E-state index contributed by atoms with van der Waals surface area (Å²) in [6.07, 6.45) is -0.464. The van der Waals surface area contributed by atoms with E-state index in [1.165, 1.54) is 0 Å². The number of benzene rings is 2. The third kappa shape index (κ3) is 3.48. The minimum Gasteiger partial charge on any atom is -0.480 e. The molecule has 23 heavy (non-hydrogen) atoms. The second-order valence-electron chi connectivity index (χ2n) is 6.00. The van der Waals surface area contributed by atoms with Crippen LogP contribution in [0.4, 0.5) is 0 Å². The van der Waals surface area contributed by atoms with Crippen molar-refractivity contribution < 1.29 is 9.53 Å². The first-order chi connectivity index (χ1) is 11.2. The summed E-state index contributed by atoms with van der Waals surface area (Å²) < 4.78 is 5.99. The highest BCUT2D eigenvalue weighted by Gasteiger charge is 2.25. The van der Waals surface area contributed by atoms with Crippen LogP contribution in [0.2, 0.25) is 0 Å². The van der Waals surface area contributed by atoms with Crippen LogP contribution in [-0.2, 0) is 4.79 Å². The highest BCUT2D eigenvalue weighted by molar-refractivity contribution is 5.89. The number of ether oxygens (including phenoxy) is 1. The van der Waals surface area contributed by atoms with E-state index >= 15 is 0 Å². The van der Waals surface area contributed by atoms with Crippen molar-refractivity contribution in [1.29, 1.82) is 0 Å². The van der Waals surface area contributed by atoms with Crippen LogP contribution in [0.15, 0.2) is 42.5 Å². The molecular weight excluding hydrogens is 288 g/mol. The van der Waals surface area contributed by atoms with Crippen molar-refractivity contribution in [3.05, 3.63) is 42.5 Å². The van der Waals surface area contributed by atoms with Crippen LogP contribution in [-0.4, -0.2) is 54.5 Å². The molecule has 3 rings (SSSR count). The smallest absolute Gasteiger partial charge is 0.263 e. The molecule has 0 aliphatic carbocycles. The second kappa shape index (κ2) is 7.01. The zero-order valence-corrected chi connectivity index (χ0v) is 13.9. The molecule has 1 saturated heterocycles. The van der Waals surface area contributed by atoms with E-state index in [-0.39, 0.29) is 5.91 Å². The Balaban J connectivity index is 1.68. The molecule has 1 fully saturated rings. The fourth-order valence-corrected chi connectivity index (χ4v) is 3.08. The van der Waals surface area contributed by atoms with Gasteiger partial charge < -0.3 is 14.5 Å². The molecule has 0 bridgehead atoms. The first kappa shape index (κ1) is 15.8. The molecule has 0 spiro atoms. The maximum Gasteiger partial charge on any atom is 0.263 e. The number of rotatable bonds is 4. The van der Waals surface area contributed by atoms with Crippen LogP contribution < -0.4 is 4.74 Å². The topological polar surface area (TPSA) is 32.8 Å². The van der Waals surface area contributed by atoms with Crippen molar-refractivity contribution >= 4 is 16.7 Å². The third-order valence-electron chi connectivity index (χ3n) is 4.53. The van der Waals surface area contributed by atoms with Gasteiger partial charge in [0.15, 0.2) is 6.10 Å². The number of likely N-dealkylation sites (N-methyl/N-ethyl adjacent to an activating group) is 1. The van der Waals surface area contributed by atoms with E-state index in [1.807, 2.05) is 42.2 Å². The van der Waals surface area contributed by atoms with E-state index < -0.39 is 6.10 Å². The summed E-state index contributed by atoms with van der Waals surface area (Å²) in [4.78, 5) is 16.9. The van der Waals surface area contributed by atoms with Crippen LogP contribution in [0.25, 0.3) is 10.8 Å². The third-order valence-corrected chi connectivity index (χ3v) is 4.53. The standard InChI is InChI=1S/C19H24N2O2/c1-3-20-11-13-21(14-12-20)19(22)15(2)23-18-10-6-8-16-7-4-5-9-17(16)18/h4-10,15H,3,11-14H2,1-2H3/t15-/m1/s1. The van der Waals surface area contributed by atoms with Gasteiger partial charge in [0.2, 0.25) is 0 Å². The minimum absolute atomic E-state index is 0.0775. The molecule has 0 aromatic heterocycles. The molecule has 1 amide bonds. The summed E-state index contributed by atoms with van der Waals surface area (Å²) in [5, 5.41) is 2.17. The molecule has 4 heteroatoms. The molecule has 1 aliphatic rings. The fourth-order valence-electron chi connectivity index (χ4n) is 3.08. The molecule has 0 saturated carbocycles. The van der Waals surface area contributed by atoms with Gasteiger partial charge in [0.05, 0.1) is 0 Å². The van der Waals surface area contributed by atoms with E-state index in [9.17, 15) is 4.79 Å². The van der Waals surface area contributed by atoms with E-state index in [1.54, 1.807) is 0 Å². The van der Waals surface area contributed by atoms with Gasteiger partial charge in [0.1, 0.15) is 5.75 Å². The lowest BCUT2D eigenvalue weighted by Gasteiger charge is -2.35. The maximum atomic E-state index is 12.6. The average Bonchev–Trinajstić information content (AvgIpc) is 2.61. The maximum absolute atomic E-state index is 12.6. The number of amides is 1. The molecule has 2 aromatic carbocycles. The molecule has 1 aliphatic heterocycles. The lowest BCUT2D eigenvalue weighted by Crippen LogP contribution is -2.51. The Labute approximate surface area is 137 Å². The fraction of sp³-hybridized carbons (Fsp3) is 0.421. The summed E-state index contributed by atoms with van der Waals surface area (Å²) in [7, 11) is 0. The molecule has 1 heterocycles. The van der Waals surface area contributed by atoms with Gasteiger partial charge in [0.25, 0.3) is 5.91 Å². The van der Waals surface area contributed by atoms with Gasteiger partial charge in [-0.3, -0.25) is 4.79 Å². The monoisotopic (exact) mass is 312 g/mol. The number of fused-ring (bicyclic) bond motifs is 1. The zero-order chi connectivity index (χ0) is 16.2. The summed E-state index contributed by atoms with van der Waals surface area (Å²) in [6, 6.07) is 14.0. The molecule has 2 aromatic rings. The first-order valence-electron chi connectivity index (χ1n) is 8.34. The van der Waals surface area contributed by atoms with E-state index in [4.69, 9.17) is 4.74 Å². The Morgan fingerprint density at radius 3 is 2.52 bits per heavy atom. The van der Waals surface area contributed by atoms with Crippen molar-refractivity contribution in [3.63, 3.8) is 0 Å². The van der Waals surface area contributed by atoms with Crippen LogP contribution in [0, 0.1) is 0 Å². The van der Waals surface area contributed by atoms with Crippen molar-refractivity contribution in [2.75, 3.05) is 32.7 Å². The van der Waals surface area contributed by atoms with Gasteiger partial charge in [-0.2, -0.15) is 0 Å². The lowest BCUT2D eigenvalue weighted by atomic mass is 10.1. The number of nitrogens with zero attached hydrogens (tertiary/aromatic N) is 2. The van der Waals surface area contributed by atoms with Crippen LogP contribution in [0.3, 0.4) is 0 Å². The number of carbonyl (C=O) groups is 1. The van der Waals surface area contributed by atoms with E-state index in [0.29, 0.717) is 0 Å². The molecular formula is C19H24N2O2. The van der Waals surface area contributed by atoms with Gasteiger partial charge in [-0.25, -0.2) is 0 Å². The highest BCUT2D eigenvalue weighted by atomic mass is 16.5. The van der Waals surface area contributed by atoms with E-state index in [2.05, 4.69) is 24.0 Å². The van der Waals surface area contributed by atoms with Gasteiger partial charge in [-0.15, -0.1) is 0 Å². The summed E-state index contributed by atoms with van der Waals surface area (Å²) >= 11 is 0. The summed E-state index contributed by atoms with van der Waals surface area (Å²) in [5.74, 6) is 0.852. The largest absolute Gasteiger partial charge is 0.480 e. The molecule has 122 valence electrons. The van der Waals surface area contributed by atoms with Crippen molar-refractivity contribution in [2.24, 2.45) is 0 Å². The van der Waals surface area contributed by atoms with Crippen LogP contribution in [0.1, 0.15) is 13.8 Å². The van der Waals surface area contributed by atoms with E-state index in [0.717, 1.165) is 49.2 Å². The number of hydrogen-bond acceptors (Lipinski definition) is 3. The van der Waals surface area contributed by atoms with Crippen molar-refractivity contribution in [2.45, 2.75) is 20.0 Å². The highest BCUT2D eigenvalue weighted by Crippen LogP contribution is 2.26.